The number of aliphatic hydroxyl groups excluding tert-OH is 1. The molecule has 10 nitrogen and oxygen atoms in total. The predicted octanol–water partition coefficient (Wildman–Crippen LogP) is 2.16. The van der Waals surface area contributed by atoms with E-state index < -0.39 is 10.0 Å². The fourth-order valence-corrected chi connectivity index (χ4v) is 5.28. The van der Waals surface area contributed by atoms with Crippen LogP contribution < -0.4 is 14.9 Å². The highest BCUT2D eigenvalue weighted by molar-refractivity contribution is 7.89. The molecule has 4 aromatic rings. The van der Waals surface area contributed by atoms with Gasteiger partial charge in [0.2, 0.25) is 16.0 Å². The lowest BCUT2D eigenvalue weighted by atomic mass is 10.2. The standard InChI is InChI=1S/C25H29N7O3S/c1-30-12-14-31(15-13-30)21-7-5-20(6-8-21)28-25-26-18-22-9-10-24(32(22)29-25)19-3-2-4-23(17-19)36(34,35)27-11-16-33/h2-10,17-18,27,33H,11-16H2,1H3,(H,28,29). The van der Waals surface area contributed by atoms with E-state index in [2.05, 4.69) is 49.1 Å². The average molecular weight is 508 g/mol. The summed E-state index contributed by atoms with van der Waals surface area (Å²) in [5, 5.41) is 16.9. The number of hydrogen-bond acceptors (Lipinski definition) is 8. The monoisotopic (exact) mass is 507 g/mol. The molecule has 36 heavy (non-hydrogen) atoms. The highest BCUT2D eigenvalue weighted by atomic mass is 32.2. The summed E-state index contributed by atoms with van der Waals surface area (Å²) >= 11 is 0. The molecule has 0 spiro atoms. The lowest BCUT2D eigenvalue weighted by molar-refractivity contribution is 0.301. The molecule has 0 saturated carbocycles. The van der Waals surface area contributed by atoms with Gasteiger partial charge in [-0.25, -0.2) is 22.6 Å². The summed E-state index contributed by atoms with van der Waals surface area (Å²) in [6, 6.07) is 18.6. The Bertz CT molecular complexity index is 1450. The maximum atomic E-state index is 12.5. The van der Waals surface area contributed by atoms with Crippen LogP contribution in [0.3, 0.4) is 0 Å². The van der Waals surface area contributed by atoms with Gasteiger partial charge in [0, 0.05) is 49.7 Å². The van der Waals surface area contributed by atoms with E-state index in [0.29, 0.717) is 11.5 Å². The third-order valence-corrected chi connectivity index (χ3v) is 7.69. The summed E-state index contributed by atoms with van der Waals surface area (Å²) in [5.41, 5.74) is 4.29. The van der Waals surface area contributed by atoms with Crippen molar-refractivity contribution in [1.29, 1.82) is 0 Å². The normalized spacial score (nSPS) is 14.9. The second kappa shape index (κ2) is 10.2. The number of nitrogens with one attached hydrogen (secondary N) is 2. The molecule has 1 aliphatic rings. The van der Waals surface area contributed by atoms with Gasteiger partial charge < -0.3 is 20.2 Å². The molecule has 188 valence electrons. The van der Waals surface area contributed by atoms with Gasteiger partial charge in [0.15, 0.2) is 0 Å². The number of nitrogens with zero attached hydrogens (tertiary/aromatic N) is 5. The summed E-state index contributed by atoms with van der Waals surface area (Å²) in [4.78, 5) is 9.27. The van der Waals surface area contributed by atoms with Crippen molar-refractivity contribution in [3.8, 4) is 11.3 Å². The summed E-state index contributed by atoms with van der Waals surface area (Å²) in [5.74, 6) is 0.431. The van der Waals surface area contributed by atoms with Crippen LogP contribution in [0.25, 0.3) is 16.8 Å². The second-order valence-corrected chi connectivity index (χ2v) is 10.5. The molecular weight excluding hydrogens is 478 g/mol. The fourth-order valence-electron chi connectivity index (χ4n) is 4.21. The Hall–Kier alpha value is -3.51. The van der Waals surface area contributed by atoms with E-state index in [-0.39, 0.29) is 18.0 Å². The highest BCUT2D eigenvalue weighted by Gasteiger charge is 2.16. The van der Waals surface area contributed by atoms with Gasteiger partial charge in [-0.1, -0.05) is 12.1 Å². The molecule has 3 N–H and O–H groups in total. The smallest absolute Gasteiger partial charge is 0.245 e. The quantitative estimate of drug-likeness (QED) is 0.332. The van der Waals surface area contributed by atoms with E-state index in [1.165, 1.54) is 11.8 Å². The van der Waals surface area contributed by atoms with Crippen LogP contribution in [0.1, 0.15) is 0 Å². The van der Waals surface area contributed by atoms with Crippen molar-refractivity contribution in [2.75, 3.05) is 56.6 Å². The Morgan fingerprint density at radius 3 is 2.53 bits per heavy atom. The van der Waals surface area contributed by atoms with Crippen molar-refractivity contribution in [1.82, 2.24) is 24.2 Å². The number of likely N-dealkylation sites (N-methyl/N-ethyl adjacent to an activating group) is 1. The van der Waals surface area contributed by atoms with Crippen LogP contribution in [0.2, 0.25) is 0 Å². The summed E-state index contributed by atoms with van der Waals surface area (Å²) in [6.07, 6.45) is 1.72. The molecule has 2 aromatic carbocycles. The first kappa shape index (κ1) is 24.2. The molecule has 2 aromatic heterocycles. The number of piperazine rings is 1. The van der Waals surface area contributed by atoms with Crippen LogP contribution in [-0.2, 0) is 10.0 Å². The lowest BCUT2D eigenvalue weighted by Gasteiger charge is -2.34. The predicted molar refractivity (Wildman–Crippen MR) is 140 cm³/mol. The Balaban J connectivity index is 1.37. The van der Waals surface area contributed by atoms with Crippen molar-refractivity contribution in [2.24, 2.45) is 0 Å². The first-order chi connectivity index (χ1) is 17.4. The number of benzene rings is 2. The SMILES string of the molecule is CN1CCN(c2ccc(Nc3ncc4ccc(-c5cccc(S(=O)(=O)NCCO)c5)n4n3)cc2)CC1. The van der Waals surface area contributed by atoms with Crippen LogP contribution >= 0.6 is 0 Å². The zero-order valence-electron chi connectivity index (χ0n) is 20.0. The second-order valence-electron chi connectivity index (χ2n) is 8.75. The summed E-state index contributed by atoms with van der Waals surface area (Å²) < 4.78 is 29.1. The maximum absolute atomic E-state index is 12.5. The van der Waals surface area contributed by atoms with Crippen molar-refractivity contribution < 1.29 is 13.5 Å². The number of anilines is 3. The van der Waals surface area contributed by atoms with Crippen molar-refractivity contribution in [3.63, 3.8) is 0 Å². The molecule has 0 aliphatic carbocycles. The Kier molecular flexibility index (Phi) is 6.88. The minimum Gasteiger partial charge on any atom is -0.395 e. The molecule has 0 unspecified atom stereocenters. The zero-order valence-corrected chi connectivity index (χ0v) is 20.8. The number of hydrogen-bond donors (Lipinski definition) is 3. The highest BCUT2D eigenvalue weighted by Crippen LogP contribution is 2.26. The van der Waals surface area contributed by atoms with Crippen molar-refractivity contribution >= 4 is 32.9 Å². The zero-order chi connectivity index (χ0) is 25.1. The number of fused-ring (bicyclic) bond motifs is 1. The number of aromatic nitrogens is 3. The first-order valence-electron chi connectivity index (χ1n) is 11.8. The van der Waals surface area contributed by atoms with E-state index >= 15 is 0 Å². The van der Waals surface area contributed by atoms with Gasteiger partial charge in [0.25, 0.3) is 0 Å². The molecule has 11 heteroatoms. The Morgan fingerprint density at radius 2 is 1.78 bits per heavy atom. The van der Waals surface area contributed by atoms with E-state index in [9.17, 15) is 8.42 Å². The van der Waals surface area contributed by atoms with Gasteiger partial charge in [0.1, 0.15) is 0 Å². The van der Waals surface area contributed by atoms with E-state index in [1.807, 2.05) is 30.3 Å². The summed E-state index contributed by atoms with van der Waals surface area (Å²) in [7, 11) is -1.58. The maximum Gasteiger partial charge on any atom is 0.245 e. The van der Waals surface area contributed by atoms with Gasteiger partial charge in [-0.3, -0.25) is 0 Å². The first-order valence-corrected chi connectivity index (χ1v) is 13.3. The van der Waals surface area contributed by atoms with Gasteiger partial charge in [-0.05, 0) is 55.6 Å². The van der Waals surface area contributed by atoms with Crippen LogP contribution in [0.4, 0.5) is 17.3 Å². The topological polar surface area (TPSA) is 115 Å². The Morgan fingerprint density at radius 1 is 1.00 bits per heavy atom. The van der Waals surface area contributed by atoms with Gasteiger partial charge >= 0.3 is 0 Å². The molecule has 1 aliphatic heterocycles. The van der Waals surface area contributed by atoms with Crippen LogP contribution in [0.15, 0.2) is 71.8 Å². The molecule has 0 bridgehead atoms. The average Bonchev–Trinajstić information content (AvgIpc) is 3.32. The van der Waals surface area contributed by atoms with Crippen molar-refractivity contribution in [2.45, 2.75) is 4.90 Å². The van der Waals surface area contributed by atoms with E-state index in [4.69, 9.17) is 5.11 Å². The van der Waals surface area contributed by atoms with Gasteiger partial charge in [-0.2, -0.15) is 0 Å². The fraction of sp³-hybridized carbons (Fsp3) is 0.280. The Labute approximate surface area is 210 Å². The van der Waals surface area contributed by atoms with Crippen LogP contribution in [0.5, 0.6) is 0 Å². The molecule has 0 amide bonds. The number of aliphatic hydroxyl groups is 1. The molecule has 0 atom stereocenters. The van der Waals surface area contributed by atoms with Gasteiger partial charge in [0.05, 0.1) is 28.9 Å². The number of sulfonamides is 1. The van der Waals surface area contributed by atoms with Crippen LogP contribution in [0, 0.1) is 0 Å². The minimum absolute atomic E-state index is 0.0424. The molecule has 0 radical (unpaired) electrons. The summed E-state index contributed by atoms with van der Waals surface area (Å²) in [6.45, 7) is 3.83. The minimum atomic E-state index is -3.72. The number of rotatable bonds is 8. The third kappa shape index (κ3) is 5.19. The van der Waals surface area contributed by atoms with Gasteiger partial charge in [-0.15, -0.1) is 5.10 Å². The lowest BCUT2D eigenvalue weighted by Crippen LogP contribution is -2.44. The third-order valence-electron chi connectivity index (χ3n) is 6.23. The molecule has 1 fully saturated rings. The van der Waals surface area contributed by atoms with E-state index in [0.717, 1.165) is 43.1 Å². The molecular formula is C25H29N7O3S. The molecule has 5 rings (SSSR count). The van der Waals surface area contributed by atoms with Crippen LogP contribution in [-0.4, -0.2) is 79.4 Å². The molecule has 3 heterocycles. The van der Waals surface area contributed by atoms with E-state index in [1.54, 1.807) is 22.8 Å². The molecule has 1 saturated heterocycles. The van der Waals surface area contributed by atoms with Crippen molar-refractivity contribution in [3.05, 3.63) is 66.9 Å². The largest absolute Gasteiger partial charge is 0.395 e.